The van der Waals surface area contributed by atoms with E-state index in [0.717, 1.165) is 22.5 Å². The van der Waals surface area contributed by atoms with Crippen molar-refractivity contribution >= 4 is 21.6 Å². The molecule has 0 saturated carbocycles. The minimum atomic E-state index is -3.86. The molecule has 1 heterocycles. The molecule has 8 heteroatoms. The Morgan fingerprint density at radius 2 is 2.11 bits per heavy atom. The summed E-state index contributed by atoms with van der Waals surface area (Å²) in [6.07, 6.45) is 0. The molecule has 0 aromatic heterocycles. The van der Waals surface area contributed by atoms with Crippen LogP contribution >= 0.6 is 0 Å². The third-order valence-corrected chi connectivity index (χ3v) is 4.51. The van der Waals surface area contributed by atoms with E-state index in [1.165, 1.54) is 0 Å². The molecule has 3 N–H and O–H groups in total. The number of benzene rings is 1. The van der Waals surface area contributed by atoms with Crippen molar-refractivity contribution in [2.24, 2.45) is 0 Å². The van der Waals surface area contributed by atoms with E-state index in [2.05, 4.69) is 5.32 Å². The first kappa shape index (κ1) is 12.8. The number of nitrogens with one attached hydrogen (secondary N) is 1. The fraction of sp³-hybridized carbons (Fsp3) is 0.300. The van der Waals surface area contributed by atoms with Gasteiger partial charge in [0.25, 0.3) is 0 Å². The SMILES string of the molecule is Nc1cc(F)ccc1S(=O)(=O)N1CCNC(=O)C1. The summed E-state index contributed by atoms with van der Waals surface area (Å²) in [5.74, 6) is -0.978. The quantitative estimate of drug-likeness (QED) is 0.712. The number of amides is 1. The molecule has 1 amide bonds. The van der Waals surface area contributed by atoms with Crippen molar-refractivity contribution in [2.45, 2.75) is 4.90 Å². The monoisotopic (exact) mass is 273 g/mol. The van der Waals surface area contributed by atoms with Gasteiger partial charge in [-0.1, -0.05) is 0 Å². The minimum absolute atomic E-state index is 0.166. The first-order valence-electron chi connectivity index (χ1n) is 5.23. The fourth-order valence-electron chi connectivity index (χ4n) is 1.71. The van der Waals surface area contributed by atoms with Crippen LogP contribution in [0.4, 0.5) is 10.1 Å². The maximum Gasteiger partial charge on any atom is 0.245 e. The van der Waals surface area contributed by atoms with Gasteiger partial charge in [0.2, 0.25) is 15.9 Å². The molecule has 0 spiro atoms. The summed E-state index contributed by atoms with van der Waals surface area (Å²) in [5, 5.41) is 2.52. The number of carbonyl (C=O) groups is 1. The van der Waals surface area contributed by atoms with Crippen molar-refractivity contribution in [3.63, 3.8) is 0 Å². The number of hydrogen-bond donors (Lipinski definition) is 2. The van der Waals surface area contributed by atoms with Gasteiger partial charge in [0.05, 0.1) is 12.2 Å². The van der Waals surface area contributed by atoms with Gasteiger partial charge in [-0.2, -0.15) is 4.31 Å². The Hall–Kier alpha value is -1.67. The van der Waals surface area contributed by atoms with Crippen LogP contribution < -0.4 is 11.1 Å². The largest absolute Gasteiger partial charge is 0.398 e. The van der Waals surface area contributed by atoms with E-state index >= 15 is 0 Å². The second-order valence-electron chi connectivity index (χ2n) is 3.87. The van der Waals surface area contributed by atoms with Crippen LogP contribution in [0.1, 0.15) is 0 Å². The van der Waals surface area contributed by atoms with E-state index < -0.39 is 15.8 Å². The van der Waals surface area contributed by atoms with Gasteiger partial charge in [-0.15, -0.1) is 0 Å². The summed E-state index contributed by atoms with van der Waals surface area (Å²) in [6.45, 7) is 0.170. The number of rotatable bonds is 2. The van der Waals surface area contributed by atoms with Crippen molar-refractivity contribution in [1.82, 2.24) is 9.62 Å². The van der Waals surface area contributed by atoms with Crippen LogP contribution in [0.3, 0.4) is 0 Å². The number of nitrogens with two attached hydrogens (primary N) is 1. The van der Waals surface area contributed by atoms with Crippen LogP contribution in [0, 0.1) is 5.82 Å². The van der Waals surface area contributed by atoms with Crippen molar-refractivity contribution < 1.29 is 17.6 Å². The third kappa shape index (κ3) is 2.29. The second-order valence-corrected chi connectivity index (χ2v) is 5.78. The maximum absolute atomic E-state index is 12.9. The van der Waals surface area contributed by atoms with E-state index in [1.807, 2.05) is 0 Å². The van der Waals surface area contributed by atoms with E-state index in [4.69, 9.17) is 5.73 Å². The highest BCUT2D eigenvalue weighted by Crippen LogP contribution is 2.23. The zero-order valence-corrected chi connectivity index (χ0v) is 10.2. The Labute approximate surface area is 104 Å². The van der Waals surface area contributed by atoms with Gasteiger partial charge in [-0.3, -0.25) is 4.79 Å². The second kappa shape index (κ2) is 4.54. The number of halogens is 1. The van der Waals surface area contributed by atoms with Gasteiger partial charge < -0.3 is 11.1 Å². The summed E-state index contributed by atoms with van der Waals surface area (Å²) in [4.78, 5) is 11.0. The zero-order valence-electron chi connectivity index (χ0n) is 9.39. The van der Waals surface area contributed by atoms with Crippen molar-refractivity contribution in [3.05, 3.63) is 24.0 Å². The van der Waals surface area contributed by atoms with E-state index in [0.29, 0.717) is 0 Å². The van der Waals surface area contributed by atoms with Gasteiger partial charge >= 0.3 is 0 Å². The third-order valence-electron chi connectivity index (χ3n) is 2.59. The molecule has 2 rings (SSSR count). The molecule has 0 aliphatic carbocycles. The summed E-state index contributed by atoms with van der Waals surface area (Å²) in [5.41, 5.74) is 5.34. The van der Waals surface area contributed by atoms with E-state index in [1.54, 1.807) is 0 Å². The number of sulfonamides is 1. The van der Waals surface area contributed by atoms with Crippen molar-refractivity contribution in [2.75, 3.05) is 25.4 Å². The lowest BCUT2D eigenvalue weighted by molar-refractivity contribution is -0.122. The number of hydrogen-bond acceptors (Lipinski definition) is 4. The molecule has 1 aromatic rings. The van der Waals surface area contributed by atoms with Crippen molar-refractivity contribution in [3.8, 4) is 0 Å². The molecule has 1 saturated heterocycles. The molecule has 0 radical (unpaired) electrons. The molecule has 6 nitrogen and oxygen atoms in total. The van der Waals surface area contributed by atoms with Gasteiger partial charge in [-0.25, -0.2) is 12.8 Å². The van der Waals surface area contributed by atoms with Crippen LogP contribution in [0.5, 0.6) is 0 Å². The smallest absolute Gasteiger partial charge is 0.245 e. The zero-order chi connectivity index (χ0) is 13.3. The number of piperazine rings is 1. The number of nitrogens with zero attached hydrogens (tertiary/aromatic N) is 1. The van der Waals surface area contributed by atoms with Crippen LogP contribution in [0.25, 0.3) is 0 Å². The van der Waals surface area contributed by atoms with Gasteiger partial charge in [0.15, 0.2) is 0 Å². The number of nitrogen functional groups attached to an aromatic ring is 1. The summed E-state index contributed by atoms with van der Waals surface area (Å²) < 4.78 is 38.3. The van der Waals surface area contributed by atoms with Gasteiger partial charge in [0.1, 0.15) is 10.7 Å². The Bertz CT molecular complexity index is 588. The van der Waals surface area contributed by atoms with Crippen LogP contribution in [-0.2, 0) is 14.8 Å². The van der Waals surface area contributed by atoms with Crippen molar-refractivity contribution in [1.29, 1.82) is 0 Å². The van der Waals surface area contributed by atoms with Crippen LogP contribution in [0.15, 0.2) is 23.1 Å². The predicted molar refractivity (Wildman–Crippen MR) is 62.6 cm³/mol. The molecule has 1 aromatic carbocycles. The molecular formula is C10H12FN3O3S. The molecule has 1 aliphatic rings. The van der Waals surface area contributed by atoms with E-state index in [-0.39, 0.29) is 36.1 Å². The molecule has 0 unspecified atom stereocenters. The van der Waals surface area contributed by atoms with E-state index in [9.17, 15) is 17.6 Å². The average molecular weight is 273 g/mol. The minimum Gasteiger partial charge on any atom is -0.398 e. The summed E-state index contributed by atoms with van der Waals surface area (Å²) in [6, 6.07) is 3.07. The highest BCUT2D eigenvalue weighted by molar-refractivity contribution is 7.89. The topological polar surface area (TPSA) is 92.5 Å². The van der Waals surface area contributed by atoms with Crippen LogP contribution in [0.2, 0.25) is 0 Å². The predicted octanol–water partition coefficient (Wildman–Crippen LogP) is -0.472. The number of carbonyl (C=O) groups excluding carboxylic acids is 1. The molecule has 0 bridgehead atoms. The molecule has 0 atom stereocenters. The Morgan fingerprint density at radius 3 is 2.72 bits per heavy atom. The molecule has 1 aliphatic heterocycles. The Morgan fingerprint density at radius 1 is 1.39 bits per heavy atom. The number of anilines is 1. The molecular weight excluding hydrogens is 261 g/mol. The lowest BCUT2D eigenvalue weighted by Gasteiger charge is -2.26. The Balaban J connectivity index is 2.38. The molecule has 1 fully saturated rings. The highest BCUT2D eigenvalue weighted by atomic mass is 32.2. The lowest BCUT2D eigenvalue weighted by Crippen LogP contribution is -2.49. The average Bonchev–Trinajstić information content (AvgIpc) is 2.28. The summed E-state index contributed by atoms with van der Waals surface area (Å²) in [7, 11) is -3.86. The lowest BCUT2D eigenvalue weighted by atomic mass is 10.3. The molecule has 98 valence electrons. The molecule has 18 heavy (non-hydrogen) atoms. The fourth-order valence-corrected chi connectivity index (χ4v) is 3.21. The van der Waals surface area contributed by atoms with Gasteiger partial charge in [-0.05, 0) is 18.2 Å². The van der Waals surface area contributed by atoms with Gasteiger partial charge in [0, 0.05) is 13.1 Å². The normalized spacial score (nSPS) is 17.5. The maximum atomic E-state index is 12.9. The highest BCUT2D eigenvalue weighted by Gasteiger charge is 2.30. The first-order valence-corrected chi connectivity index (χ1v) is 6.67. The summed E-state index contributed by atoms with van der Waals surface area (Å²) >= 11 is 0. The first-order chi connectivity index (χ1) is 8.41. The standard InChI is InChI=1S/C10H12FN3O3S/c11-7-1-2-9(8(12)5-7)18(16,17)14-4-3-13-10(15)6-14/h1-2,5H,3-4,6,12H2,(H,13,15). The van der Waals surface area contributed by atoms with Crippen LogP contribution in [-0.4, -0.2) is 38.3 Å². The Kier molecular flexibility index (Phi) is 3.22.